The molecule has 98 valence electrons. The predicted octanol–water partition coefficient (Wildman–Crippen LogP) is 2.46. The summed E-state index contributed by atoms with van der Waals surface area (Å²) in [5.41, 5.74) is 0.882. The van der Waals surface area contributed by atoms with Crippen LogP contribution in [0.25, 0.3) is 6.08 Å². The number of hydrogen-bond acceptors (Lipinski definition) is 4. The molecule has 0 heterocycles. The third-order valence-electron chi connectivity index (χ3n) is 2.18. The Hall–Kier alpha value is -2.61. The zero-order valence-electron chi connectivity index (χ0n) is 10.3. The summed E-state index contributed by atoms with van der Waals surface area (Å²) in [5, 5.41) is 20.7. The summed E-state index contributed by atoms with van der Waals surface area (Å²) in [5.74, 6) is -1.16. The molecule has 0 aliphatic rings. The molecule has 0 fully saturated rings. The Morgan fingerprint density at radius 2 is 2.16 bits per heavy atom. The van der Waals surface area contributed by atoms with E-state index in [1.54, 1.807) is 6.08 Å². The molecule has 5 heteroatoms. The van der Waals surface area contributed by atoms with E-state index in [1.807, 2.05) is 42.5 Å². The van der Waals surface area contributed by atoms with Gasteiger partial charge in [-0.15, -0.1) is 0 Å². The van der Waals surface area contributed by atoms with Crippen molar-refractivity contribution in [3.63, 3.8) is 0 Å². The van der Waals surface area contributed by atoms with Gasteiger partial charge in [-0.1, -0.05) is 41.6 Å². The van der Waals surface area contributed by atoms with Crippen molar-refractivity contribution in [2.24, 2.45) is 5.16 Å². The number of oxime groups is 1. The number of carbonyl (C=O) groups is 1. The topological polar surface area (TPSA) is 82.7 Å². The van der Waals surface area contributed by atoms with Crippen LogP contribution in [0, 0.1) is 11.3 Å². The smallest absolute Gasteiger partial charge is 0.353 e. The van der Waals surface area contributed by atoms with E-state index in [1.165, 1.54) is 0 Å². The monoisotopic (exact) mass is 258 g/mol. The first-order chi connectivity index (χ1) is 9.24. The van der Waals surface area contributed by atoms with Gasteiger partial charge in [0.05, 0.1) is 6.07 Å². The minimum atomic E-state index is -1.16. The van der Waals surface area contributed by atoms with E-state index >= 15 is 0 Å². The van der Waals surface area contributed by atoms with Crippen molar-refractivity contribution >= 4 is 17.8 Å². The van der Waals surface area contributed by atoms with Gasteiger partial charge in [0, 0.05) is 12.8 Å². The molecular weight excluding hydrogens is 244 g/mol. The Kier molecular flexibility index (Phi) is 6.45. The second-order valence-corrected chi connectivity index (χ2v) is 3.61. The first-order valence-electron chi connectivity index (χ1n) is 5.74. The van der Waals surface area contributed by atoms with Crippen molar-refractivity contribution < 1.29 is 14.7 Å². The minimum Gasteiger partial charge on any atom is -0.477 e. The van der Waals surface area contributed by atoms with Crippen molar-refractivity contribution in [2.75, 3.05) is 6.61 Å². The van der Waals surface area contributed by atoms with Gasteiger partial charge in [0.2, 0.25) is 0 Å². The third-order valence-corrected chi connectivity index (χ3v) is 2.18. The highest BCUT2D eigenvalue weighted by Crippen LogP contribution is 2.01. The van der Waals surface area contributed by atoms with Crippen LogP contribution in [0.15, 0.2) is 41.6 Å². The molecule has 0 bridgehead atoms. The molecule has 0 aromatic heterocycles. The summed E-state index contributed by atoms with van der Waals surface area (Å²) in [6.45, 7) is 0.179. The average molecular weight is 258 g/mol. The largest absolute Gasteiger partial charge is 0.477 e. The molecule has 0 radical (unpaired) electrons. The number of rotatable bonds is 7. The molecule has 0 aliphatic heterocycles. The van der Waals surface area contributed by atoms with Crippen LogP contribution in [-0.2, 0) is 9.63 Å². The Morgan fingerprint density at radius 1 is 1.42 bits per heavy atom. The van der Waals surface area contributed by atoms with E-state index in [0.717, 1.165) is 5.56 Å². The van der Waals surface area contributed by atoms with Gasteiger partial charge in [0.15, 0.2) is 5.71 Å². The van der Waals surface area contributed by atoms with Crippen LogP contribution in [0.2, 0.25) is 0 Å². The van der Waals surface area contributed by atoms with E-state index in [-0.39, 0.29) is 25.2 Å². The molecule has 0 spiro atoms. The lowest BCUT2D eigenvalue weighted by atomic mass is 10.2. The number of benzene rings is 1. The first kappa shape index (κ1) is 14.5. The molecule has 0 atom stereocenters. The molecule has 19 heavy (non-hydrogen) atoms. The average Bonchev–Trinajstić information content (AvgIpc) is 2.42. The summed E-state index contributed by atoms with van der Waals surface area (Å²) in [6, 6.07) is 11.5. The molecule has 0 saturated heterocycles. The Morgan fingerprint density at radius 3 is 2.79 bits per heavy atom. The van der Waals surface area contributed by atoms with Gasteiger partial charge in [-0.25, -0.2) is 4.79 Å². The number of nitriles is 1. The van der Waals surface area contributed by atoms with E-state index in [2.05, 4.69) is 5.16 Å². The maximum absolute atomic E-state index is 10.8. The number of carboxylic acids is 1. The van der Waals surface area contributed by atoms with Crippen LogP contribution >= 0.6 is 0 Å². The quantitative estimate of drug-likeness (QED) is 0.462. The number of carboxylic acid groups (broad SMARTS) is 1. The van der Waals surface area contributed by atoms with Crippen molar-refractivity contribution in [3.05, 3.63) is 42.0 Å². The lowest BCUT2D eigenvalue weighted by molar-refractivity contribution is -0.129. The van der Waals surface area contributed by atoms with Crippen LogP contribution in [0.5, 0.6) is 0 Å². The van der Waals surface area contributed by atoms with Crippen LogP contribution in [0.4, 0.5) is 0 Å². The highest BCUT2D eigenvalue weighted by Gasteiger charge is 2.09. The van der Waals surface area contributed by atoms with Crippen LogP contribution in [0.3, 0.4) is 0 Å². The first-order valence-corrected chi connectivity index (χ1v) is 5.74. The van der Waals surface area contributed by atoms with Crippen LogP contribution < -0.4 is 0 Å². The standard InChI is InChI=1S/C14H14N2O3/c15-10-4-9-13(14(17)18)16-19-11-5-8-12-6-2-1-3-7-12/h1-3,5-8H,4,9,11H2,(H,17,18)/b8-5+,16-13-. The van der Waals surface area contributed by atoms with Crippen molar-refractivity contribution in [2.45, 2.75) is 12.8 Å². The Balaban J connectivity index is 2.41. The fourth-order valence-corrected chi connectivity index (χ4v) is 1.27. The highest BCUT2D eigenvalue weighted by molar-refractivity contribution is 6.35. The van der Waals surface area contributed by atoms with E-state index in [4.69, 9.17) is 15.2 Å². The molecule has 5 nitrogen and oxygen atoms in total. The van der Waals surface area contributed by atoms with Gasteiger partial charge in [0.1, 0.15) is 6.61 Å². The zero-order chi connectivity index (χ0) is 13.9. The molecular formula is C14H14N2O3. The summed E-state index contributed by atoms with van der Waals surface area (Å²) < 4.78 is 0. The lowest BCUT2D eigenvalue weighted by Gasteiger charge is -1.98. The maximum atomic E-state index is 10.8. The molecule has 0 unspecified atom stereocenters. The lowest BCUT2D eigenvalue weighted by Crippen LogP contribution is -2.13. The SMILES string of the molecule is N#CCC/C(=N/OC/C=C/c1ccccc1)C(=O)O. The van der Waals surface area contributed by atoms with Crippen molar-refractivity contribution in [1.82, 2.24) is 0 Å². The minimum absolute atomic E-state index is 0.0776. The maximum Gasteiger partial charge on any atom is 0.353 e. The number of nitrogens with zero attached hydrogens (tertiary/aromatic N) is 2. The Labute approximate surface area is 111 Å². The number of aliphatic carboxylic acids is 1. The number of hydrogen-bond donors (Lipinski definition) is 1. The summed E-state index contributed by atoms with van der Waals surface area (Å²) in [7, 11) is 0. The molecule has 0 saturated carbocycles. The fourth-order valence-electron chi connectivity index (χ4n) is 1.27. The molecule has 1 aromatic rings. The van der Waals surface area contributed by atoms with Gasteiger partial charge >= 0.3 is 5.97 Å². The van der Waals surface area contributed by atoms with Gasteiger partial charge in [0.25, 0.3) is 0 Å². The molecule has 1 N–H and O–H groups in total. The molecule has 0 aliphatic carbocycles. The second kappa shape index (κ2) is 8.48. The van der Waals surface area contributed by atoms with Crippen molar-refractivity contribution in [1.29, 1.82) is 5.26 Å². The van der Waals surface area contributed by atoms with E-state index < -0.39 is 5.97 Å². The van der Waals surface area contributed by atoms with Gasteiger partial charge < -0.3 is 9.94 Å². The molecule has 1 rings (SSSR count). The Bertz CT molecular complexity index is 501. The molecule has 1 aromatic carbocycles. The summed E-state index contributed by atoms with van der Waals surface area (Å²) >= 11 is 0. The third kappa shape index (κ3) is 6.03. The van der Waals surface area contributed by atoms with Crippen LogP contribution in [0.1, 0.15) is 18.4 Å². The zero-order valence-corrected chi connectivity index (χ0v) is 10.3. The molecule has 0 amide bonds. The summed E-state index contributed by atoms with van der Waals surface area (Å²) in [6.07, 6.45) is 3.77. The highest BCUT2D eigenvalue weighted by atomic mass is 16.6. The van der Waals surface area contributed by atoms with E-state index in [9.17, 15) is 4.79 Å². The predicted molar refractivity (Wildman–Crippen MR) is 71.3 cm³/mol. The van der Waals surface area contributed by atoms with Gasteiger partial charge in [-0.2, -0.15) is 5.26 Å². The van der Waals surface area contributed by atoms with Crippen molar-refractivity contribution in [3.8, 4) is 6.07 Å². The fraction of sp³-hybridized carbons (Fsp3) is 0.214. The van der Waals surface area contributed by atoms with Crippen LogP contribution in [-0.4, -0.2) is 23.4 Å². The van der Waals surface area contributed by atoms with E-state index in [0.29, 0.717) is 0 Å². The normalized spacial score (nSPS) is 11.2. The summed E-state index contributed by atoms with van der Waals surface area (Å²) in [4.78, 5) is 15.6. The van der Waals surface area contributed by atoms with Gasteiger partial charge in [-0.05, 0) is 11.6 Å². The second-order valence-electron chi connectivity index (χ2n) is 3.61. The van der Waals surface area contributed by atoms with Gasteiger partial charge in [-0.3, -0.25) is 0 Å².